The van der Waals surface area contributed by atoms with Crippen molar-refractivity contribution in [3.05, 3.63) is 33.8 Å². The summed E-state index contributed by atoms with van der Waals surface area (Å²) in [5.74, 6) is 0.942. The zero-order valence-electron chi connectivity index (χ0n) is 10.8. The molecule has 2 heteroatoms. The third-order valence-corrected chi connectivity index (χ3v) is 4.79. The summed E-state index contributed by atoms with van der Waals surface area (Å²) in [5.41, 5.74) is 2.85. The van der Waals surface area contributed by atoms with Gasteiger partial charge in [-0.2, -0.15) is 0 Å². The molecular weight excluding hydrogens is 274 g/mol. The van der Waals surface area contributed by atoms with E-state index in [0.717, 1.165) is 12.5 Å². The Balaban J connectivity index is 2.15. The van der Waals surface area contributed by atoms with Crippen LogP contribution in [0.2, 0.25) is 0 Å². The molecule has 0 aromatic heterocycles. The molecule has 2 rings (SSSR count). The number of rotatable bonds is 5. The van der Waals surface area contributed by atoms with Crippen molar-refractivity contribution in [3.8, 4) is 0 Å². The van der Waals surface area contributed by atoms with Gasteiger partial charge in [0.2, 0.25) is 0 Å². The van der Waals surface area contributed by atoms with E-state index in [2.05, 4.69) is 53.3 Å². The summed E-state index contributed by atoms with van der Waals surface area (Å²) in [4.78, 5) is 0. The van der Waals surface area contributed by atoms with Crippen LogP contribution in [-0.4, -0.2) is 6.54 Å². The van der Waals surface area contributed by atoms with Crippen LogP contribution in [0.1, 0.15) is 49.8 Å². The van der Waals surface area contributed by atoms with Gasteiger partial charge in [-0.15, -0.1) is 0 Å². The van der Waals surface area contributed by atoms with Crippen LogP contribution in [-0.2, 0) is 0 Å². The molecule has 0 bridgehead atoms. The zero-order valence-corrected chi connectivity index (χ0v) is 12.4. The molecule has 1 aliphatic rings. The van der Waals surface area contributed by atoms with Crippen LogP contribution < -0.4 is 5.32 Å². The highest BCUT2D eigenvalue weighted by Crippen LogP contribution is 2.36. The second-order valence-electron chi connectivity index (χ2n) is 5.10. The second kappa shape index (κ2) is 6.01. The summed E-state index contributed by atoms with van der Waals surface area (Å²) in [7, 11) is 0. The first kappa shape index (κ1) is 13.1. The molecule has 0 saturated heterocycles. The number of hydrogen-bond donors (Lipinski definition) is 1. The van der Waals surface area contributed by atoms with Gasteiger partial charge in [-0.1, -0.05) is 54.2 Å². The van der Waals surface area contributed by atoms with Gasteiger partial charge in [-0.3, -0.25) is 0 Å². The van der Waals surface area contributed by atoms with Gasteiger partial charge < -0.3 is 5.32 Å². The fourth-order valence-corrected chi connectivity index (χ4v) is 3.01. The predicted octanol–water partition coefficient (Wildman–Crippen LogP) is 4.60. The lowest BCUT2D eigenvalue weighted by atomic mass is 9.79. The maximum absolute atomic E-state index is 3.65. The number of benzene rings is 1. The lowest BCUT2D eigenvalue weighted by Gasteiger charge is -2.31. The van der Waals surface area contributed by atoms with E-state index in [4.69, 9.17) is 0 Å². The summed E-state index contributed by atoms with van der Waals surface area (Å²) in [6.45, 7) is 5.45. The molecule has 1 aromatic rings. The minimum atomic E-state index is 0.530. The molecule has 1 fully saturated rings. The first-order chi connectivity index (χ1) is 8.22. The zero-order chi connectivity index (χ0) is 12.3. The van der Waals surface area contributed by atoms with Crippen molar-refractivity contribution in [3.63, 3.8) is 0 Å². The molecule has 1 atom stereocenters. The van der Waals surface area contributed by atoms with Crippen molar-refractivity contribution in [2.24, 2.45) is 5.92 Å². The normalized spacial score (nSPS) is 17.8. The van der Waals surface area contributed by atoms with E-state index < -0.39 is 0 Å². The molecule has 1 N–H and O–H groups in total. The van der Waals surface area contributed by atoms with Crippen LogP contribution in [0.15, 0.2) is 22.7 Å². The van der Waals surface area contributed by atoms with Gasteiger partial charge >= 0.3 is 0 Å². The van der Waals surface area contributed by atoms with Crippen LogP contribution >= 0.6 is 15.9 Å². The Hall–Kier alpha value is -0.340. The Labute approximate surface area is 113 Å². The van der Waals surface area contributed by atoms with E-state index in [0.29, 0.717) is 6.04 Å². The minimum absolute atomic E-state index is 0.530. The molecule has 17 heavy (non-hydrogen) atoms. The molecular formula is C15H22BrN. The lowest BCUT2D eigenvalue weighted by Crippen LogP contribution is -2.26. The van der Waals surface area contributed by atoms with Gasteiger partial charge in [0.1, 0.15) is 0 Å². The predicted molar refractivity (Wildman–Crippen MR) is 77.3 cm³/mol. The summed E-state index contributed by atoms with van der Waals surface area (Å²) < 4.78 is 1.23. The summed E-state index contributed by atoms with van der Waals surface area (Å²) in [6, 6.07) is 7.08. The highest BCUT2D eigenvalue weighted by atomic mass is 79.9. The van der Waals surface area contributed by atoms with Gasteiger partial charge in [0.15, 0.2) is 0 Å². The van der Waals surface area contributed by atoms with E-state index in [1.54, 1.807) is 0 Å². The van der Waals surface area contributed by atoms with Crippen LogP contribution in [0.5, 0.6) is 0 Å². The summed E-state index contributed by atoms with van der Waals surface area (Å²) in [6.07, 6.45) is 5.58. The molecule has 1 unspecified atom stereocenters. The molecule has 94 valence electrons. The van der Waals surface area contributed by atoms with Gasteiger partial charge in [0, 0.05) is 10.5 Å². The molecule has 0 spiro atoms. The molecule has 1 nitrogen and oxygen atoms in total. The SMILES string of the molecule is CCNC(CC1CCC1)c1cccc(Br)c1C. The fraction of sp³-hybridized carbons (Fsp3) is 0.600. The molecule has 0 amide bonds. The van der Waals surface area contributed by atoms with E-state index in [1.165, 1.54) is 41.3 Å². The van der Waals surface area contributed by atoms with Crippen molar-refractivity contribution in [1.29, 1.82) is 0 Å². The monoisotopic (exact) mass is 295 g/mol. The van der Waals surface area contributed by atoms with Gasteiger partial charge in [0.05, 0.1) is 0 Å². The first-order valence-electron chi connectivity index (χ1n) is 6.70. The van der Waals surface area contributed by atoms with Crippen LogP contribution in [0.4, 0.5) is 0 Å². The van der Waals surface area contributed by atoms with Crippen molar-refractivity contribution in [1.82, 2.24) is 5.32 Å². The standard InChI is InChI=1S/C15H22BrN/c1-3-17-15(10-12-6-4-7-12)13-8-5-9-14(16)11(13)2/h5,8-9,12,15,17H,3-4,6-7,10H2,1-2H3. The Morgan fingerprint density at radius 2 is 2.18 bits per heavy atom. The number of halogens is 1. The van der Waals surface area contributed by atoms with Crippen LogP contribution in [0, 0.1) is 12.8 Å². The third kappa shape index (κ3) is 3.11. The Morgan fingerprint density at radius 1 is 1.41 bits per heavy atom. The van der Waals surface area contributed by atoms with Crippen LogP contribution in [0.25, 0.3) is 0 Å². The summed E-state index contributed by atoms with van der Waals surface area (Å²) in [5, 5.41) is 3.65. The van der Waals surface area contributed by atoms with Crippen LogP contribution in [0.3, 0.4) is 0 Å². The fourth-order valence-electron chi connectivity index (χ4n) is 2.63. The maximum Gasteiger partial charge on any atom is 0.0325 e. The Kier molecular flexibility index (Phi) is 4.63. The Morgan fingerprint density at radius 3 is 2.76 bits per heavy atom. The third-order valence-electron chi connectivity index (χ3n) is 3.93. The van der Waals surface area contributed by atoms with E-state index in [-0.39, 0.29) is 0 Å². The maximum atomic E-state index is 3.65. The van der Waals surface area contributed by atoms with Crippen molar-refractivity contribution < 1.29 is 0 Å². The molecule has 1 aliphatic carbocycles. The smallest absolute Gasteiger partial charge is 0.0325 e. The lowest BCUT2D eigenvalue weighted by molar-refractivity contribution is 0.262. The summed E-state index contributed by atoms with van der Waals surface area (Å²) >= 11 is 3.63. The first-order valence-corrected chi connectivity index (χ1v) is 7.50. The van der Waals surface area contributed by atoms with Gasteiger partial charge in [-0.05, 0) is 43.0 Å². The molecule has 1 aromatic carbocycles. The van der Waals surface area contributed by atoms with E-state index in [1.807, 2.05) is 0 Å². The van der Waals surface area contributed by atoms with Crippen molar-refractivity contribution in [2.75, 3.05) is 6.54 Å². The number of nitrogens with one attached hydrogen (secondary N) is 1. The minimum Gasteiger partial charge on any atom is -0.310 e. The van der Waals surface area contributed by atoms with Crippen molar-refractivity contribution in [2.45, 2.75) is 45.6 Å². The van der Waals surface area contributed by atoms with Gasteiger partial charge in [-0.25, -0.2) is 0 Å². The Bertz CT molecular complexity index is 371. The highest BCUT2D eigenvalue weighted by Gasteiger charge is 2.23. The average molecular weight is 296 g/mol. The molecule has 0 aliphatic heterocycles. The van der Waals surface area contributed by atoms with E-state index >= 15 is 0 Å². The topological polar surface area (TPSA) is 12.0 Å². The van der Waals surface area contributed by atoms with E-state index in [9.17, 15) is 0 Å². The van der Waals surface area contributed by atoms with Crippen molar-refractivity contribution >= 4 is 15.9 Å². The quantitative estimate of drug-likeness (QED) is 0.837. The van der Waals surface area contributed by atoms with Gasteiger partial charge in [0.25, 0.3) is 0 Å². The average Bonchev–Trinajstić information content (AvgIpc) is 2.26. The molecule has 0 heterocycles. The highest BCUT2D eigenvalue weighted by molar-refractivity contribution is 9.10. The molecule has 1 saturated carbocycles. The second-order valence-corrected chi connectivity index (χ2v) is 5.95. The largest absolute Gasteiger partial charge is 0.310 e. The number of hydrogen-bond acceptors (Lipinski definition) is 1. The molecule has 0 radical (unpaired) electrons.